The number of fused-ring (bicyclic) bond motifs is 2. The van der Waals surface area contributed by atoms with Crippen LogP contribution in [0.5, 0.6) is 23.0 Å². The van der Waals surface area contributed by atoms with Crippen LogP contribution < -0.4 is 5.11 Å². The predicted octanol–water partition coefficient (Wildman–Crippen LogP) is 3.87. The maximum Gasteiger partial charge on any atom is 0.158 e. The molecule has 0 unspecified atom stereocenters. The van der Waals surface area contributed by atoms with E-state index in [0.717, 1.165) is 21.5 Å². The molecule has 4 rings (SSSR count). The third-order valence-electron chi connectivity index (χ3n) is 3.67. The lowest BCUT2D eigenvalue weighted by atomic mass is 10.1. The Morgan fingerprint density at radius 3 is 1.25 bits per heavy atom. The molecule has 0 spiro atoms. The first-order chi connectivity index (χ1) is 11.5. The third kappa shape index (κ3) is 3.17. The second-order valence-corrected chi connectivity index (χ2v) is 5.36. The van der Waals surface area contributed by atoms with Gasteiger partial charge in [-0.2, -0.15) is 0 Å². The minimum absolute atomic E-state index is 0.0753. The van der Waals surface area contributed by atoms with E-state index in [2.05, 4.69) is 0 Å². The fourth-order valence-corrected chi connectivity index (χ4v) is 2.42. The zero-order valence-corrected chi connectivity index (χ0v) is 12.7. The van der Waals surface area contributed by atoms with Crippen LogP contribution in [0.4, 0.5) is 0 Å². The molecular weight excluding hydrogens is 304 g/mol. The summed E-state index contributed by atoms with van der Waals surface area (Å²) in [6, 6.07) is 21.0. The number of benzene rings is 4. The van der Waals surface area contributed by atoms with Crippen LogP contribution in [-0.2, 0) is 0 Å². The zero-order chi connectivity index (χ0) is 17.1. The summed E-state index contributed by atoms with van der Waals surface area (Å²) in [6.07, 6.45) is 0. The van der Waals surface area contributed by atoms with Gasteiger partial charge in [-0.05, 0) is 39.7 Å². The molecule has 0 saturated carbocycles. The van der Waals surface area contributed by atoms with Crippen LogP contribution in [0.25, 0.3) is 21.5 Å². The van der Waals surface area contributed by atoms with Gasteiger partial charge in [0, 0.05) is 0 Å². The van der Waals surface area contributed by atoms with E-state index in [1.54, 1.807) is 12.1 Å². The Hall–Kier alpha value is -3.40. The normalized spacial score (nSPS) is 10.3. The van der Waals surface area contributed by atoms with Crippen molar-refractivity contribution in [2.75, 3.05) is 0 Å². The molecule has 0 bridgehead atoms. The van der Waals surface area contributed by atoms with Crippen LogP contribution in [0.1, 0.15) is 0 Å². The highest BCUT2D eigenvalue weighted by Gasteiger charge is 1.99. The molecule has 4 aromatic rings. The summed E-state index contributed by atoms with van der Waals surface area (Å²) in [5, 5.41) is 42.0. The molecule has 24 heavy (non-hydrogen) atoms. The van der Waals surface area contributed by atoms with Gasteiger partial charge in [-0.1, -0.05) is 60.3 Å². The molecule has 0 radical (unpaired) electrons. The molecule has 0 aliphatic heterocycles. The standard InChI is InChI=1S/2C10H8O2/c2*11-9-5-7-3-1-2-4-8(7)6-10(9)12/h2*1-6,11-12H/p-1. The molecule has 4 aromatic carbocycles. The lowest BCUT2D eigenvalue weighted by Crippen LogP contribution is -1.89. The first kappa shape index (κ1) is 15.5. The summed E-state index contributed by atoms with van der Waals surface area (Å²) in [7, 11) is 0. The number of phenols is 3. The van der Waals surface area contributed by atoms with Gasteiger partial charge < -0.3 is 20.4 Å². The van der Waals surface area contributed by atoms with Crippen LogP contribution in [0.3, 0.4) is 0 Å². The van der Waals surface area contributed by atoms with Crippen LogP contribution in [0.15, 0.2) is 72.8 Å². The fraction of sp³-hybridized carbons (Fsp3) is 0. The summed E-state index contributed by atoms with van der Waals surface area (Å²) in [5.74, 6) is -0.662. The van der Waals surface area contributed by atoms with Gasteiger partial charge in [-0.25, -0.2) is 0 Å². The van der Waals surface area contributed by atoms with Gasteiger partial charge in [-0.15, -0.1) is 0 Å². The lowest BCUT2D eigenvalue weighted by Gasteiger charge is -2.09. The van der Waals surface area contributed by atoms with E-state index in [1.807, 2.05) is 48.5 Å². The fourth-order valence-electron chi connectivity index (χ4n) is 2.42. The molecule has 3 N–H and O–H groups in total. The first-order valence-corrected chi connectivity index (χ1v) is 7.34. The Labute approximate surface area is 138 Å². The summed E-state index contributed by atoms with van der Waals surface area (Å²) < 4.78 is 0. The van der Waals surface area contributed by atoms with Crippen molar-refractivity contribution in [2.45, 2.75) is 0 Å². The Morgan fingerprint density at radius 1 is 0.500 bits per heavy atom. The largest absolute Gasteiger partial charge is 0.870 e. The van der Waals surface area contributed by atoms with Gasteiger partial charge in [-0.3, -0.25) is 0 Å². The summed E-state index contributed by atoms with van der Waals surface area (Å²) >= 11 is 0. The van der Waals surface area contributed by atoms with Gasteiger partial charge in [0.15, 0.2) is 11.5 Å². The van der Waals surface area contributed by atoms with E-state index >= 15 is 0 Å². The maximum atomic E-state index is 11.0. The molecule has 0 atom stereocenters. The lowest BCUT2D eigenvalue weighted by molar-refractivity contribution is -0.270. The van der Waals surface area contributed by atoms with Gasteiger partial charge in [0.05, 0.1) is 0 Å². The van der Waals surface area contributed by atoms with E-state index < -0.39 is 0 Å². The molecule has 0 fully saturated rings. The van der Waals surface area contributed by atoms with Crippen molar-refractivity contribution in [1.29, 1.82) is 0 Å². The predicted molar refractivity (Wildman–Crippen MR) is 92.3 cm³/mol. The number of aromatic hydroxyl groups is 3. The monoisotopic (exact) mass is 319 g/mol. The zero-order valence-electron chi connectivity index (χ0n) is 12.7. The van der Waals surface area contributed by atoms with E-state index in [0.29, 0.717) is 0 Å². The van der Waals surface area contributed by atoms with E-state index in [9.17, 15) is 5.11 Å². The molecule has 0 aliphatic carbocycles. The molecule has 4 heteroatoms. The van der Waals surface area contributed by atoms with E-state index in [-0.39, 0.29) is 23.0 Å². The second-order valence-electron chi connectivity index (χ2n) is 5.36. The maximum absolute atomic E-state index is 11.0. The summed E-state index contributed by atoms with van der Waals surface area (Å²) in [6.45, 7) is 0. The highest BCUT2D eigenvalue weighted by atomic mass is 16.3. The van der Waals surface area contributed by atoms with Crippen molar-refractivity contribution in [2.24, 2.45) is 0 Å². The molecule has 0 heterocycles. The third-order valence-corrected chi connectivity index (χ3v) is 3.67. The van der Waals surface area contributed by atoms with Gasteiger partial charge in [0.2, 0.25) is 0 Å². The average Bonchev–Trinajstić information content (AvgIpc) is 2.57. The van der Waals surface area contributed by atoms with E-state index in [4.69, 9.17) is 15.3 Å². The number of hydrogen-bond donors (Lipinski definition) is 3. The Bertz CT molecular complexity index is 844. The van der Waals surface area contributed by atoms with Gasteiger partial charge >= 0.3 is 0 Å². The van der Waals surface area contributed by atoms with Crippen LogP contribution in [0, 0.1) is 0 Å². The molecule has 120 valence electrons. The topological polar surface area (TPSA) is 83.8 Å². The highest BCUT2D eigenvalue weighted by molar-refractivity contribution is 5.86. The Kier molecular flexibility index (Phi) is 4.12. The van der Waals surface area contributed by atoms with Crippen LogP contribution >= 0.6 is 0 Å². The van der Waals surface area contributed by atoms with Crippen molar-refractivity contribution in [3.05, 3.63) is 72.8 Å². The number of phenolic OH excluding ortho intramolecular Hbond substituents is 3. The number of rotatable bonds is 0. The van der Waals surface area contributed by atoms with Crippen molar-refractivity contribution in [3.63, 3.8) is 0 Å². The van der Waals surface area contributed by atoms with Crippen molar-refractivity contribution in [3.8, 4) is 23.0 Å². The van der Waals surface area contributed by atoms with Crippen LogP contribution in [0.2, 0.25) is 0 Å². The van der Waals surface area contributed by atoms with Gasteiger partial charge in [0.1, 0.15) is 5.75 Å². The smallest absolute Gasteiger partial charge is 0.158 e. The van der Waals surface area contributed by atoms with Crippen molar-refractivity contribution >= 4 is 21.5 Å². The molecule has 0 aliphatic rings. The molecule has 4 nitrogen and oxygen atoms in total. The SMILES string of the molecule is Oc1cc2ccccc2cc1O.[O-]c1cc2ccccc2cc1O. The minimum Gasteiger partial charge on any atom is -0.870 e. The van der Waals surface area contributed by atoms with E-state index in [1.165, 1.54) is 12.1 Å². The molecule has 0 amide bonds. The van der Waals surface area contributed by atoms with Gasteiger partial charge in [0.25, 0.3) is 0 Å². The molecular formula is C20H15O4-. The Balaban J connectivity index is 0.000000141. The first-order valence-electron chi connectivity index (χ1n) is 7.34. The highest BCUT2D eigenvalue weighted by Crippen LogP contribution is 2.29. The average molecular weight is 319 g/mol. The van der Waals surface area contributed by atoms with Crippen LogP contribution in [-0.4, -0.2) is 15.3 Å². The second kappa shape index (κ2) is 6.38. The van der Waals surface area contributed by atoms with Crippen molar-refractivity contribution in [1.82, 2.24) is 0 Å². The van der Waals surface area contributed by atoms with Crippen molar-refractivity contribution < 1.29 is 20.4 Å². The summed E-state index contributed by atoms with van der Waals surface area (Å²) in [4.78, 5) is 0. The minimum atomic E-state index is -0.325. The number of hydrogen-bond acceptors (Lipinski definition) is 4. The summed E-state index contributed by atoms with van der Waals surface area (Å²) in [5.41, 5.74) is 0. The Morgan fingerprint density at radius 2 is 0.833 bits per heavy atom. The molecule has 0 saturated heterocycles. The quantitative estimate of drug-likeness (QED) is 0.430. The molecule has 0 aromatic heterocycles.